The normalized spacial score (nSPS) is 13.5. The molecule has 1 aromatic heterocycles. The molecule has 2 rings (SSSR count). The van der Waals surface area contributed by atoms with E-state index in [9.17, 15) is 0 Å². The van der Waals surface area contributed by atoms with Crippen LogP contribution in [0.2, 0.25) is 0 Å². The van der Waals surface area contributed by atoms with Crippen LogP contribution in [0.4, 0.5) is 0 Å². The van der Waals surface area contributed by atoms with Crippen LogP contribution >= 0.6 is 0 Å². The Morgan fingerprint density at radius 3 is 2.59 bits per heavy atom. The second kappa shape index (κ2) is 4.49. The number of rotatable bonds is 3. The molecule has 0 saturated heterocycles. The summed E-state index contributed by atoms with van der Waals surface area (Å²) in [6.07, 6.45) is 0.906. The number of imidazole rings is 1. The zero-order valence-electron chi connectivity index (χ0n) is 11.1. The Hall–Kier alpha value is -1.35. The van der Waals surface area contributed by atoms with Gasteiger partial charge in [0.25, 0.3) is 0 Å². The maximum Gasteiger partial charge on any atom is 0.112 e. The SMILES string of the molecule is CC(N)Cc1ccc2c(c1)nc(C(C)C)n2C. The van der Waals surface area contributed by atoms with Gasteiger partial charge in [-0.25, -0.2) is 4.98 Å². The summed E-state index contributed by atoms with van der Waals surface area (Å²) in [4.78, 5) is 4.70. The number of nitrogens with zero attached hydrogens (tertiary/aromatic N) is 2. The molecule has 0 radical (unpaired) electrons. The molecule has 0 aliphatic heterocycles. The van der Waals surface area contributed by atoms with Crippen LogP contribution in [0.15, 0.2) is 18.2 Å². The molecule has 0 fully saturated rings. The highest BCUT2D eigenvalue weighted by atomic mass is 15.1. The molecule has 0 amide bonds. The van der Waals surface area contributed by atoms with E-state index >= 15 is 0 Å². The van der Waals surface area contributed by atoms with Gasteiger partial charge in [-0.15, -0.1) is 0 Å². The van der Waals surface area contributed by atoms with Crippen molar-refractivity contribution in [2.24, 2.45) is 12.8 Å². The molecule has 3 heteroatoms. The van der Waals surface area contributed by atoms with Crippen LogP contribution in [-0.4, -0.2) is 15.6 Å². The average molecular weight is 231 g/mol. The number of hydrogen-bond acceptors (Lipinski definition) is 2. The summed E-state index contributed by atoms with van der Waals surface area (Å²) in [6, 6.07) is 6.65. The Balaban J connectivity index is 2.48. The van der Waals surface area contributed by atoms with E-state index in [1.807, 2.05) is 6.92 Å². The van der Waals surface area contributed by atoms with E-state index in [2.05, 4.69) is 43.7 Å². The van der Waals surface area contributed by atoms with Crippen molar-refractivity contribution in [1.29, 1.82) is 0 Å². The van der Waals surface area contributed by atoms with E-state index in [1.165, 1.54) is 11.1 Å². The van der Waals surface area contributed by atoms with Crippen molar-refractivity contribution in [2.75, 3.05) is 0 Å². The van der Waals surface area contributed by atoms with Crippen molar-refractivity contribution in [1.82, 2.24) is 9.55 Å². The molecule has 1 heterocycles. The lowest BCUT2D eigenvalue weighted by Crippen LogP contribution is -2.17. The van der Waals surface area contributed by atoms with Gasteiger partial charge in [-0.05, 0) is 31.0 Å². The zero-order chi connectivity index (χ0) is 12.6. The molecule has 0 saturated carbocycles. The lowest BCUT2D eigenvalue weighted by atomic mass is 10.1. The predicted molar refractivity (Wildman–Crippen MR) is 72.2 cm³/mol. The van der Waals surface area contributed by atoms with Gasteiger partial charge in [0.1, 0.15) is 5.82 Å². The van der Waals surface area contributed by atoms with E-state index in [0.29, 0.717) is 5.92 Å². The van der Waals surface area contributed by atoms with Gasteiger partial charge in [0.05, 0.1) is 11.0 Å². The van der Waals surface area contributed by atoms with Crippen molar-refractivity contribution in [3.63, 3.8) is 0 Å². The van der Waals surface area contributed by atoms with E-state index in [1.54, 1.807) is 0 Å². The zero-order valence-corrected chi connectivity index (χ0v) is 11.1. The first-order valence-electron chi connectivity index (χ1n) is 6.20. The molecule has 2 N–H and O–H groups in total. The number of benzene rings is 1. The quantitative estimate of drug-likeness (QED) is 0.882. The molecule has 1 aromatic carbocycles. The van der Waals surface area contributed by atoms with Crippen molar-refractivity contribution in [3.05, 3.63) is 29.6 Å². The van der Waals surface area contributed by atoms with E-state index < -0.39 is 0 Å². The molecule has 0 aliphatic rings. The molecule has 17 heavy (non-hydrogen) atoms. The number of fused-ring (bicyclic) bond motifs is 1. The molecule has 92 valence electrons. The molecule has 3 nitrogen and oxygen atoms in total. The van der Waals surface area contributed by atoms with E-state index in [0.717, 1.165) is 17.8 Å². The first-order valence-corrected chi connectivity index (χ1v) is 6.20. The van der Waals surface area contributed by atoms with Crippen LogP contribution in [0, 0.1) is 0 Å². The number of hydrogen-bond donors (Lipinski definition) is 1. The first kappa shape index (κ1) is 12.1. The van der Waals surface area contributed by atoms with Gasteiger partial charge in [-0.3, -0.25) is 0 Å². The van der Waals surface area contributed by atoms with Gasteiger partial charge in [-0.2, -0.15) is 0 Å². The molecule has 1 unspecified atom stereocenters. The summed E-state index contributed by atoms with van der Waals surface area (Å²) in [6.45, 7) is 6.37. The van der Waals surface area contributed by atoms with Gasteiger partial charge in [0.2, 0.25) is 0 Å². The van der Waals surface area contributed by atoms with Gasteiger partial charge in [0.15, 0.2) is 0 Å². The molecule has 0 spiro atoms. The summed E-state index contributed by atoms with van der Waals surface area (Å²) in [5.41, 5.74) is 9.37. The number of aromatic nitrogens is 2. The Labute approximate surface area is 103 Å². The Morgan fingerprint density at radius 1 is 1.29 bits per heavy atom. The lowest BCUT2D eigenvalue weighted by molar-refractivity contribution is 0.722. The summed E-state index contributed by atoms with van der Waals surface area (Å²) < 4.78 is 2.18. The van der Waals surface area contributed by atoms with Crippen molar-refractivity contribution < 1.29 is 0 Å². The number of aryl methyl sites for hydroxylation is 1. The summed E-state index contributed by atoms with van der Waals surface area (Å²) >= 11 is 0. The molecule has 1 atom stereocenters. The second-order valence-electron chi connectivity index (χ2n) is 5.19. The topological polar surface area (TPSA) is 43.8 Å². The summed E-state index contributed by atoms with van der Waals surface area (Å²) in [5, 5.41) is 0. The smallest absolute Gasteiger partial charge is 0.112 e. The molecule has 2 aromatic rings. The molecule has 0 bridgehead atoms. The van der Waals surface area contributed by atoms with Gasteiger partial charge in [-0.1, -0.05) is 19.9 Å². The van der Waals surface area contributed by atoms with Crippen molar-refractivity contribution >= 4 is 11.0 Å². The minimum atomic E-state index is 0.195. The maximum atomic E-state index is 5.83. The fourth-order valence-electron chi connectivity index (χ4n) is 2.28. The third-order valence-corrected chi connectivity index (χ3v) is 3.05. The monoisotopic (exact) mass is 231 g/mol. The fraction of sp³-hybridized carbons (Fsp3) is 0.500. The molecule has 0 aliphatic carbocycles. The highest BCUT2D eigenvalue weighted by Crippen LogP contribution is 2.21. The number of nitrogens with two attached hydrogens (primary N) is 1. The molecular formula is C14H21N3. The largest absolute Gasteiger partial charge is 0.331 e. The van der Waals surface area contributed by atoms with Gasteiger partial charge >= 0.3 is 0 Å². The van der Waals surface area contributed by atoms with Crippen LogP contribution in [0.3, 0.4) is 0 Å². The second-order valence-corrected chi connectivity index (χ2v) is 5.19. The van der Waals surface area contributed by atoms with Gasteiger partial charge in [0, 0.05) is 19.0 Å². The maximum absolute atomic E-state index is 5.83. The Morgan fingerprint density at radius 2 is 2.00 bits per heavy atom. The van der Waals surface area contributed by atoms with Crippen LogP contribution in [0.25, 0.3) is 11.0 Å². The molecular weight excluding hydrogens is 210 g/mol. The van der Waals surface area contributed by atoms with Crippen LogP contribution in [0.1, 0.15) is 38.1 Å². The third kappa shape index (κ3) is 2.34. The van der Waals surface area contributed by atoms with Crippen LogP contribution < -0.4 is 5.73 Å². The van der Waals surface area contributed by atoms with Crippen molar-refractivity contribution in [2.45, 2.75) is 39.2 Å². The van der Waals surface area contributed by atoms with Crippen LogP contribution in [-0.2, 0) is 13.5 Å². The minimum absolute atomic E-state index is 0.195. The highest BCUT2D eigenvalue weighted by Gasteiger charge is 2.11. The third-order valence-electron chi connectivity index (χ3n) is 3.05. The highest BCUT2D eigenvalue weighted by molar-refractivity contribution is 5.77. The van der Waals surface area contributed by atoms with Gasteiger partial charge < -0.3 is 10.3 Å². The first-order chi connectivity index (χ1) is 7.99. The van der Waals surface area contributed by atoms with Crippen LogP contribution in [0.5, 0.6) is 0 Å². The standard InChI is InChI=1S/C14H21N3/c1-9(2)14-16-12-8-11(7-10(3)15)5-6-13(12)17(14)4/h5-6,8-10H,7,15H2,1-4H3. The average Bonchev–Trinajstić information content (AvgIpc) is 2.55. The van der Waals surface area contributed by atoms with E-state index in [4.69, 9.17) is 10.7 Å². The summed E-state index contributed by atoms with van der Waals surface area (Å²) in [7, 11) is 2.08. The lowest BCUT2D eigenvalue weighted by Gasteiger charge is -2.05. The minimum Gasteiger partial charge on any atom is -0.331 e. The Kier molecular flexibility index (Phi) is 3.20. The Bertz CT molecular complexity index is 523. The van der Waals surface area contributed by atoms with E-state index in [-0.39, 0.29) is 6.04 Å². The van der Waals surface area contributed by atoms with Crippen molar-refractivity contribution in [3.8, 4) is 0 Å². The predicted octanol–water partition coefficient (Wildman–Crippen LogP) is 2.59. The summed E-state index contributed by atoms with van der Waals surface area (Å²) in [5.74, 6) is 1.59. The fourth-order valence-corrected chi connectivity index (χ4v) is 2.28.